The first-order chi connectivity index (χ1) is 19.7. The number of nitrogens with one attached hydrogen (secondary N) is 1. The zero-order chi connectivity index (χ0) is 30.9. The van der Waals surface area contributed by atoms with Crippen molar-refractivity contribution < 1.29 is 45.4 Å². The molecule has 2 amide bonds. The van der Waals surface area contributed by atoms with Crippen molar-refractivity contribution in [2.45, 2.75) is 40.9 Å². The van der Waals surface area contributed by atoms with Gasteiger partial charge in [0.25, 0.3) is 0 Å². The number of benzene rings is 2. The molecule has 0 saturated heterocycles. The second-order valence-electron chi connectivity index (χ2n) is 9.00. The normalized spacial score (nSPS) is 14.5. The minimum absolute atomic E-state index is 0. The van der Waals surface area contributed by atoms with Gasteiger partial charge in [-0.25, -0.2) is 15.0 Å². The molecule has 1 aliphatic carbocycles. The third-order valence-electron chi connectivity index (χ3n) is 6.29. The summed E-state index contributed by atoms with van der Waals surface area (Å²) in [6.07, 6.45) is 0.658. The molecule has 1 fully saturated rings. The third-order valence-corrected chi connectivity index (χ3v) is 7.63. The number of carbonyl (C=O) groups is 2. The second-order valence-corrected chi connectivity index (χ2v) is 10.2. The van der Waals surface area contributed by atoms with Crippen LogP contribution in [0, 0.1) is 42.9 Å². The van der Waals surface area contributed by atoms with Gasteiger partial charge in [0.05, 0.1) is 14.2 Å². The maximum Gasteiger partial charge on any atom is 0 e. The average molecular weight is 632 g/mol. The van der Waals surface area contributed by atoms with Crippen LogP contribution < -0.4 is 5.43 Å². The molecule has 0 spiro atoms. The van der Waals surface area contributed by atoms with Crippen molar-refractivity contribution in [1.29, 1.82) is 0 Å². The van der Waals surface area contributed by atoms with Crippen LogP contribution in [0.1, 0.15) is 38.8 Å². The summed E-state index contributed by atoms with van der Waals surface area (Å²) < 4.78 is 27.1. The van der Waals surface area contributed by atoms with E-state index in [1.165, 1.54) is 28.5 Å². The van der Waals surface area contributed by atoms with E-state index >= 15 is 0 Å². The van der Waals surface area contributed by atoms with Gasteiger partial charge in [-0.2, -0.15) is 4.78 Å². The van der Waals surface area contributed by atoms with Gasteiger partial charge < -0.3 is 14.4 Å². The van der Waals surface area contributed by atoms with E-state index in [4.69, 9.17) is 18.8 Å². The minimum Gasteiger partial charge on any atom is 0 e. The molecular formula is C31H35FeN3O6P. The molecular weight excluding hydrogens is 597 g/mol. The number of allylic oxidation sites excluding steroid dienone is 1. The van der Waals surface area contributed by atoms with Crippen molar-refractivity contribution in [2.75, 3.05) is 14.1 Å². The number of ether oxygens (including phenoxy) is 2. The molecule has 0 heterocycles. The summed E-state index contributed by atoms with van der Waals surface area (Å²) in [6, 6.07) is 18.8. The van der Waals surface area contributed by atoms with E-state index < -0.39 is 12.2 Å². The Hall–Kier alpha value is -3.05. The van der Waals surface area contributed by atoms with E-state index in [2.05, 4.69) is 52.5 Å². The van der Waals surface area contributed by atoms with Gasteiger partial charge in [-0.15, -0.1) is 0 Å². The monoisotopic (exact) mass is 632 g/mol. The molecule has 9 nitrogen and oxygen atoms in total. The SMILES string of the molecule is C[C]1[C](C)[C](C)[C](/C=C(\PN(NC(=O)OCc2ccccc2)C(=O)OCc2ccccc2)N(C)C)[C]1C.[C-]#[O+].[C-]#[O+].[Fe]. The average Bonchev–Trinajstić information content (AvgIpc) is 3.18. The quantitative estimate of drug-likeness (QED) is 0.120. The molecule has 223 valence electrons. The first kappa shape index (κ1) is 38.9. The largest absolute Gasteiger partial charge is 0 e. The molecule has 0 aliphatic heterocycles. The molecule has 1 N–H and O–H groups in total. The predicted octanol–water partition coefficient (Wildman–Crippen LogP) is 6.35. The van der Waals surface area contributed by atoms with Gasteiger partial charge >= 0.3 is 34.8 Å². The summed E-state index contributed by atoms with van der Waals surface area (Å²) in [5.74, 6) is 6.04. The van der Waals surface area contributed by atoms with Gasteiger partial charge in [0.2, 0.25) is 0 Å². The minimum atomic E-state index is -0.738. The molecule has 42 heavy (non-hydrogen) atoms. The maximum atomic E-state index is 13.1. The zero-order valence-corrected chi connectivity index (χ0v) is 26.6. The van der Waals surface area contributed by atoms with Crippen molar-refractivity contribution in [1.82, 2.24) is 15.1 Å². The fourth-order valence-electron chi connectivity index (χ4n) is 3.73. The van der Waals surface area contributed by atoms with Crippen LogP contribution in [0.2, 0.25) is 0 Å². The molecule has 2 aromatic rings. The molecule has 11 heteroatoms. The number of hydrazine groups is 1. The molecule has 2 aromatic carbocycles. The fourth-order valence-corrected chi connectivity index (χ4v) is 4.67. The van der Waals surface area contributed by atoms with Gasteiger partial charge in [-0.1, -0.05) is 94.4 Å². The van der Waals surface area contributed by atoms with E-state index in [-0.39, 0.29) is 39.0 Å². The number of hydrogen-bond donors (Lipinski definition) is 1. The van der Waals surface area contributed by atoms with Crippen LogP contribution in [-0.2, 0) is 49.1 Å². The Morgan fingerprint density at radius 1 is 0.786 bits per heavy atom. The standard InChI is InChI=1S/C29H35N3O4P.2CO.Fe/c1-20-21(2)23(4)26(22(20)3)17-27(31(5)6)37-32(29(34)36-19-25-15-11-8-12-16-25)30-28(33)35-18-24-13-9-7-10-14-24;2*1-2;/h7-17,37H,18-19H2,1-6H3,(H,30,33);;;/b27-17-;;;. The first-order valence-electron chi connectivity index (χ1n) is 12.4. The van der Waals surface area contributed by atoms with Crippen LogP contribution in [0.25, 0.3) is 0 Å². The van der Waals surface area contributed by atoms with E-state index in [9.17, 15) is 9.59 Å². The van der Waals surface area contributed by atoms with Crippen LogP contribution in [0.3, 0.4) is 0 Å². The van der Waals surface area contributed by atoms with E-state index in [0.717, 1.165) is 22.5 Å². The second kappa shape index (κ2) is 20.8. The molecule has 5 radical (unpaired) electrons. The van der Waals surface area contributed by atoms with E-state index in [1.807, 2.05) is 79.7 Å². The topological polar surface area (TPSA) is 111 Å². The summed E-state index contributed by atoms with van der Waals surface area (Å²) in [6.45, 7) is 17.6. The molecule has 1 atom stereocenters. The van der Waals surface area contributed by atoms with Crippen LogP contribution in [0.15, 0.2) is 72.2 Å². The van der Waals surface area contributed by atoms with Gasteiger partial charge in [-0.05, 0) is 34.8 Å². The fraction of sp³-hybridized carbons (Fsp3) is 0.258. The van der Waals surface area contributed by atoms with Gasteiger partial charge in [0.15, 0.2) is 0 Å². The Morgan fingerprint density at radius 2 is 1.21 bits per heavy atom. The maximum absolute atomic E-state index is 13.1. The molecule has 3 rings (SSSR count). The Labute approximate surface area is 262 Å². The van der Waals surface area contributed by atoms with E-state index in [0.29, 0.717) is 0 Å². The third kappa shape index (κ3) is 12.1. The summed E-state index contributed by atoms with van der Waals surface area (Å²) in [4.78, 5) is 27.7. The molecule has 1 saturated carbocycles. The predicted molar refractivity (Wildman–Crippen MR) is 155 cm³/mol. The summed E-state index contributed by atoms with van der Waals surface area (Å²) in [7, 11) is 3.58. The Morgan fingerprint density at radius 3 is 1.64 bits per heavy atom. The van der Waals surface area contributed by atoms with E-state index in [1.54, 1.807) is 0 Å². The van der Waals surface area contributed by atoms with Crippen molar-refractivity contribution in [3.8, 4) is 0 Å². The van der Waals surface area contributed by atoms with Crippen LogP contribution in [0.5, 0.6) is 0 Å². The first-order valence-corrected chi connectivity index (χ1v) is 13.4. The number of nitrogens with zero attached hydrogens (tertiary/aromatic N) is 2. The molecule has 1 aliphatic rings. The van der Waals surface area contributed by atoms with Crippen LogP contribution in [-0.4, -0.2) is 36.0 Å². The van der Waals surface area contributed by atoms with Crippen molar-refractivity contribution in [3.05, 3.63) is 126 Å². The van der Waals surface area contributed by atoms with Gasteiger partial charge in [0, 0.05) is 37.1 Å². The Kier molecular flexibility index (Phi) is 19.3. The van der Waals surface area contributed by atoms with Crippen LogP contribution in [0.4, 0.5) is 9.59 Å². The summed E-state index contributed by atoms with van der Waals surface area (Å²) >= 11 is 0. The van der Waals surface area contributed by atoms with Crippen LogP contribution >= 0.6 is 8.73 Å². The molecule has 0 aromatic heterocycles. The molecule has 1 unspecified atom stereocenters. The number of hydrogen-bond acceptors (Lipinski definition) is 5. The van der Waals surface area contributed by atoms with Crippen molar-refractivity contribution >= 4 is 20.9 Å². The number of carbonyl (C=O) groups excluding carboxylic acids is 2. The van der Waals surface area contributed by atoms with Crippen molar-refractivity contribution in [3.63, 3.8) is 0 Å². The molecule has 0 bridgehead atoms. The van der Waals surface area contributed by atoms with Gasteiger partial charge in [-0.3, -0.25) is 0 Å². The summed E-state index contributed by atoms with van der Waals surface area (Å²) in [5, 5.41) is 0. The zero-order valence-electron chi connectivity index (χ0n) is 24.5. The number of amides is 2. The number of rotatable bonds is 8. The van der Waals surface area contributed by atoms with Crippen molar-refractivity contribution in [2.24, 2.45) is 0 Å². The smallest absolute Gasteiger partial charge is 0 e. The summed E-state index contributed by atoms with van der Waals surface area (Å²) in [5.41, 5.74) is 5.12. The Bertz CT molecular complexity index is 1130. The Balaban J connectivity index is 0.00000322. The van der Waals surface area contributed by atoms with Gasteiger partial charge in [0.1, 0.15) is 13.2 Å².